The molecule has 0 fully saturated rings. The molecular weight excluding hydrogens is 330 g/mol. The number of amides is 2. The van der Waals surface area contributed by atoms with E-state index in [9.17, 15) is 9.59 Å². The minimum Gasteiger partial charge on any atom is -0.450 e. The Labute approximate surface area is 154 Å². The van der Waals surface area contributed by atoms with E-state index in [0.717, 1.165) is 12.1 Å². The van der Waals surface area contributed by atoms with Crippen LogP contribution < -0.4 is 15.5 Å². The molecule has 0 radical (unpaired) electrons. The van der Waals surface area contributed by atoms with Crippen LogP contribution >= 0.6 is 0 Å². The van der Waals surface area contributed by atoms with Gasteiger partial charge in [0.1, 0.15) is 6.54 Å². The Bertz CT molecular complexity index is 742. The molecule has 0 aliphatic rings. The summed E-state index contributed by atoms with van der Waals surface area (Å²) in [5, 5.41) is 5.48. The molecule has 0 aromatic heterocycles. The lowest BCUT2D eigenvalue weighted by molar-refractivity contribution is -0.872. The molecule has 0 unspecified atom stereocenters. The number of rotatable bonds is 7. The van der Waals surface area contributed by atoms with Crippen LogP contribution in [0.5, 0.6) is 0 Å². The minimum absolute atomic E-state index is 0.195. The average Bonchev–Trinajstić information content (AvgIpc) is 2.61. The van der Waals surface area contributed by atoms with Crippen molar-refractivity contribution in [2.24, 2.45) is 0 Å². The fraction of sp³-hybridized carbons (Fsp3) is 0.300. The molecule has 0 aliphatic carbocycles. The number of hydrogen-bond acceptors (Lipinski definition) is 3. The maximum Gasteiger partial charge on any atom is 0.411 e. The molecular formula is C20H26N3O3+. The number of benzene rings is 2. The molecule has 26 heavy (non-hydrogen) atoms. The topological polar surface area (TPSA) is 71.9 Å². The van der Waals surface area contributed by atoms with Crippen molar-refractivity contribution in [1.82, 2.24) is 5.32 Å². The molecule has 2 rings (SSSR count). The Kier molecular flexibility index (Phi) is 7.17. The first-order chi connectivity index (χ1) is 12.5. The van der Waals surface area contributed by atoms with E-state index in [-0.39, 0.29) is 5.91 Å². The molecule has 3 N–H and O–H groups in total. The van der Waals surface area contributed by atoms with Gasteiger partial charge in [0, 0.05) is 23.4 Å². The van der Waals surface area contributed by atoms with Crippen molar-refractivity contribution in [3.63, 3.8) is 0 Å². The van der Waals surface area contributed by atoms with Crippen molar-refractivity contribution in [3.8, 4) is 0 Å². The smallest absolute Gasteiger partial charge is 0.411 e. The van der Waals surface area contributed by atoms with E-state index in [1.54, 1.807) is 31.2 Å². The summed E-state index contributed by atoms with van der Waals surface area (Å²) < 4.78 is 4.83. The van der Waals surface area contributed by atoms with Gasteiger partial charge in [-0.15, -0.1) is 0 Å². The molecule has 0 aliphatic heterocycles. The minimum atomic E-state index is -0.537. The lowest BCUT2D eigenvalue weighted by Crippen LogP contribution is -3.04. The van der Waals surface area contributed by atoms with E-state index in [0.29, 0.717) is 24.4 Å². The highest BCUT2D eigenvalue weighted by atomic mass is 16.5. The van der Waals surface area contributed by atoms with Crippen LogP contribution in [0.2, 0.25) is 0 Å². The van der Waals surface area contributed by atoms with Crippen LogP contribution in [0.25, 0.3) is 0 Å². The first-order valence-corrected chi connectivity index (χ1v) is 8.67. The van der Waals surface area contributed by atoms with E-state index in [1.807, 2.05) is 12.1 Å². The number of quaternary nitrogens is 1. The number of carbonyl (C=O) groups is 2. The standard InChI is InChI=1S/C20H25N3O3/c1-4-26-20(25)22-18-7-5-6-17(12-18)19(24)21-13-15-8-10-16(11-9-15)14-23(2)3/h5-12H,4,13-14H2,1-3H3,(H,21,24)(H,22,25)/p+1. The number of ether oxygens (including phenoxy) is 1. The third kappa shape index (κ3) is 6.22. The highest BCUT2D eigenvalue weighted by Gasteiger charge is 2.08. The molecule has 6 nitrogen and oxygen atoms in total. The van der Waals surface area contributed by atoms with Gasteiger partial charge in [-0.25, -0.2) is 4.79 Å². The van der Waals surface area contributed by atoms with E-state index < -0.39 is 6.09 Å². The fourth-order valence-corrected chi connectivity index (χ4v) is 2.49. The maximum absolute atomic E-state index is 12.3. The third-order valence-electron chi connectivity index (χ3n) is 3.68. The highest BCUT2D eigenvalue weighted by Crippen LogP contribution is 2.11. The van der Waals surface area contributed by atoms with E-state index >= 15 is 0 Å². The van der Waals surface area contributed by atoms with Crippen molar-refractivity contribution in [3.05, 3.63) is 65.2 Å². The Balaban J connectivity index is 1.92. The van der Waals surface area contributed by atoms with Crippen LogP contribution in [0.1, 0.15) is 28.4 Å². The normalized spacial score (nSPS) is 10.5. The van der Waals surface area contributed by atoms with Gasteiger partial charge in [-0.2, -0.15) is 0 Å². The molecule has 0 heterocycles. The van der Waals surface area contributed by atoms with Gasteiger partial charge in [-0.3, -0.25) is 10.1 Å². The molecule has 0 spiro atoms. The summed E-state index contributed by atoms with van der Waals surface area (Å²) in [5.74, 6) is -0.195. The molecule has 2 aromatic rings. The van der Waals surface area contributed by atoms with Crippen molar-refractivity contribution in [2.45, 2.75) is 20.0 Å². The lowest BCUT2D eigenvalue weighted by Gasteiger charge is -2.10. The fourth-order valence-electron chi connectivity index (χ4n) is 2.49. The quantitative estimate of drug-likeness (QED) is 0.709. The number of carbonyl (C=O) groups excluding carboxylic acids is 2. The second-order valence-electron chi connectivity index (χ2n) is 6.31. The largest absolute Gasteiger partial charge is 0.450 e. The van der Waals surface area contributed by atoms with Gasteiger partial charge in [-0.1, -0.05) is 30.3 Å². The van der Waals surface area contributed by atoms with Gasteiger partial charge in [0.05, 0.1) is 20.7 Å². The highest BCUT2D eigenvalue weighted by molar-refractivity contribution is 5.96. The number of hydrogen-bond donors (Lipinski definition) is 3. The number of nitrogens with one attached hydrogen (secondary N) is 3. The van der Waals surface area contributed by atoms with Gasteiger partial charge < -0.3 is 15.0 Å². The van der Waals surface area contributed by atoms with Gasteiger partial charge in [-0.05, 0) is 30.7 Å². The van der Waals surface area contributed by atoms with Gasteiger partial charge in [0.2, 0.25) is 0 Å². The summed E-state index contributed by atoms with van der Waals surface area (Å²) in [6.07, 6.45) is -0.537. The second-order valence-corrected chi connectivity index (χ2v) is 6.31. The van der Waals surface area contributed by atoms with Crippen LogP contribution in [0, 0.1) is 0 Å². The molecule has 0 saturated carbocycles. The van der Waals surface area contributed by atoms with Crippen molar-refractivity contribution in [1.29, 1.82) is 0 Å². The third-order valence-corrected chi connectivity index (χ3v) is 3.68. The lowest BCUT2D eigenvalue weighted by atomic mass is 10.1. The summed E-state index contributed by atoms with van der Waals surface area (Å²) >= 11 is 0. The average molecular weight is 356 g/mol. The molecule has 0 bridgehead atoms. The van der Waals surface area contributed by atoms with Crippen LogP contribution in [-0.2, 0) is 17.8 Å². The Hall–Kier alpha value is -2.86. The summed E-state index contributed by atoms with van der Waals surface area (Å²) in [7, 11) is 4.22. The zero-order valence-corrected chi connectivity index (χ0v) is 15.5. The second kappa shape index (κ2) is 9.58. The first kappa shape index (κ1) is 19.5. The van der Waals surface area contributed by atoms with Gasteiger partial charge in [0.25, 0.3) is 5.91 Å². The monoisotopic (exact) mass is 356 g/mol. The molecule has 6 heteroatoms. The summed E-state index contributed by atoms with van der Waals surface area (Å²) in [4.78, 5) is 25.2. The van der Waals surface area contributed by atoms with Crippen LogP contribution in [-0.4, -0.2) is 32.7 Å². The maximum atomic E-state index is 12.3. The van der Waals surface area contributed by atoms with Crippen molar-refractivity contribution in [2.75, 3.05) is 26.0 Å². The predicted molar refractivity (Wildman–Crippen MR) is 101 cm³/mol. The molecule has 2 amide bonds. The van der Waals surface area contributed by atoms with E-state index in [1.165, 1.54) is 10.5 Å². The molecule has 138 valence electrons. The zero-order valence-electron chi connectivity index (χ0n) is 15.5. The molecule has 2 aromatic carbocycles. The molecule has 0 saturated heterocycles. The van der Waals surface area contributed by atoms with E-state index in [2.05, 4.69) is 36.9 Å². The summed E-state index contributed by atoms with van der Waals surface area (Å²) in [6, 6.07) is 15.0. The Morgan fingerprint density at radius 3 is 2.38 bits per heavy atom. The van der Waals surface area contributed by atoms with E-state index in [4.69, 9.17) is 4.74 Å². The predicted octanol–water partition coefficient (Wildman–Crippen LogP) is 1.83. The number of anilines is 1. The SMILES string of the molecule is CCOC(=O)Nc1cccc(C(=O)NCc2ccc(C[NH+](C)C)cc2)c1. The van der Waals surface area contributed by atoms with Gasteiger partial charge in [0.15, 0.2) is 0 Å². The van der Waals surface area contributed by atoms with Gasteiger partial charge >= 0.3 is 6.09 Å². The van der Waals surface area contributed by atoms with Crippen molar-refractivity contribution >= 4 is 17.7 Å². The zero-order chi connectivity index (χ0) is 18.9. The summed E-state index contributed by atoms with van der Waals surface area (Å²) in [5.41, 5.74) is 3.30. The summed E-state index contributed by atoms with van der Waals surface area (Å²) in [6.45, 7) is 3.44. The first-order valence-electron chi connectivity index (χ1n) is 8.67. The van der Waals surface area contributed by atoms with Crippen molar-refractivity contribution < 1.29 is 19.2 Å². The van der Waals surface area contributed by atoms with Crippen LogP contribution in [0.3, 0.4) is 0 Å². The van der Waals surface area contributed by atoms with Crippen LogP contribution in [0.15, 0.2) is 48.5 Å². The Morgan fingerprint density at radius 2 is 1.73 bits per heavy atom. The Morgan fingerprint density at radius 1 is 1.04 bits per heavy atom. The molecule has 0 atom stereocenters. The van der Waals surface area contributed by atoms with Crippen LogP contribution in [0.4, 0.5) is 10.5 Å².